The summed E-state index contributed by atoms with van der Waals surface area (Å²) >= 11 is 6.11. The Hall–Kier alpha value is -1.29. The van der Waals surface area contributed by atoms with Gasteiger partial charge in [0.2, 0.25) is 0 Å². The smallest absolute Gasteiger partial charge is 0.255 e. The van der Waals surface area contributed by atoms with Gasteiger partial charge in [-0.2, -0.15) is 0 Å². The molecule has 2 heterocycles. The number of likely N-dealkylation sites (tertiary alicyclic amines) is 1. The summed E-state index contributed by atoms with van der Waals surface area (Å²) in [6.45, 7) is 5.82. The Morgan fingerprint density at radius 1 is 1.63 bits per heavy atom. The first-order valence-corrected chi connectivity index (χ1v) is 7.21. The molecule has 1 aromatic rings. The molecule has 1 aliphatic rings. The lowest BCUT2D eigenvalue weighted by Crippen LogP contribution is -2.33. The van der Waals surface area contributed by atoms with Crippen molar-refractivity contribution in [2.24, 2.45) is 0 Å². The number of pyridine rings is 1. The van der Waals surface area contributed by atoms with E-state index in [2.05, 4.69) is 24.1 Å². The molecular weight excluding hydrogens is 262 g/mol. The summed E-state index contributed by atoms with van der Waals surface area (Å²) in [7, 11) is 0. The Morgan fingerprint density at radius 3 is 3.05 bits per heavy atom. The van der Waals surface area contributed by atoms with Crippen LogP contribution in [0.25, 0.3) is 0 Å². The molecule has 0 aliphatic carbocycles. The zero-order valence-corrected chi connectivity index (χ0v) is 12.2. The van der Waals surface area contributed by atoms with Crippen LogP contribution >= 0.6 is 11.6 Å². The highest BCUT2D eigenvalue weighted by molar-refractivity contribution is 6.33. The predicted molar refractivity (Wildman–Crippen MR) is 77.8 cm³/mol. The standard InChI is InChI=1S/C14H20ClN3O/c1-3-6-16-13-8-11(12(15)9-17-13)14(19)18-7-4-5-10(18)2/h8-10H,3-7H2,1-2H3,(H,16,17). The van der Waals surface area contributed by atoms with Crippen LogP contribution in [0, 0.1) is 0 Å². The van der Waals surface area contributed by atoms with Gasteiger partial charge >= 0.3 is 0 Å². The van der Waals surface area contributed by atoms with Crippen LogP contribution in [0.1, 0.15) is 43.5 Å². The van der Waals surface area contributed by atoms with Gasteiger partial charge in [-0.3, -0.25) is 4.79 Å². The van der Waals surface area contributed by atoms with Gasteiger partial charge in [0.15, 0.2) is 0 Å². The minimum Gasteiger partial charge on any atom is -0.370 e. The van der Waals surface area contributed by atoms with E-state index in [-0.39, 0.29) is 5.91 Å². The van der Waals surface area contributed by atoms with Gasteiger partial charge in [0.25, 0.3) is 5.91 Å². The van der Waals surface area contributed by atoms with Crippen molar-refractivity contribution in [3.8, 4) is 0 Å². The Labute approximate surface area is 119 Å². The molecule has 0 aromatic carbocycles. The minimum atomic E-state index is 0.0111. The van der Waals surface area contributed by atoms with E-state index in [1.807, 2.05) is 4.90 Å². The molecule has 0 radical (unpaired) electrons. The summed E-state index contributed by atoms with van der Waals surface area (Å²) in [4.78, 5) is 18.6. The number of halogens is 1. The number of anilines is 1. The zero-order chi connectivity index (χ0) is 13.8. The summed E-state index contributed by atoms with van der Waals surface area (Å²) in [5, 5.41) is 3.60. The van der Waals surface area contributed by atoms with Crippen molar-refractivity contribution in [1.82, 2.24) is 9.88 Å². The van der Waals surface area contributed by atoms with E-state index in [0.29, 0.717) is 22.4 Å². The summed E-state index contributed by atoms with van der Waals surface area (Å²) in [5.41, 5.74) is 0.545. The average molecular weight is 282 g/mol. The largest absolute Gasteiger partial charge is 0.370 e. The fraction of sp³-hybridized carbons (Fsp3) is 0.571. The maximum atomic E-state index is 12.5. The van der Waals surface area contributed by atoms with Gasteiger partial charge in [-0.1, -0.05) is 18.5 Å². The number of hydrogen-bond acceptors (Lipinski definition) is 3. The lowest BCUT2D eigenvalue weighted by Gasteiger charge is -2.22. The van der Waals surface area contributed by atoms with E-state index in [9.17, 15) is 4.79 Å². The first kappa shape index (κ1) is 14.1. The number of rotatable bonds is 4. The third-order valence-corrected chi connectivity index (χ3v) is 3.76. The highest BCUT2D eigenvalue weighted by Gasteiger charge is 2.27. The number of amides is 1. The van der Waals surface area contributed by atoms with E-state index in [4.69, 9.17) is 11.6 Å². The summed E-state index contributed by atoms with van der Waals surface area (Å²) in [6.07, 6.45) is 4.69. The van der Waals surface area contributed by atoms with E-state index >= 15 is 0 Å². The molecule has 1 unspecified atom stereocenters. The zero-order valence-electron chi connectivity index (χ0n) is 11.4. The molecule has 1 fully saturated rings. The molecule has 5 heteroatoms. The second kappa shape index (κ2) is 6.24. The van der Waals surface area contributed by atoms with Crippen molar-refractivity contribution >= 4 is 23.3 Å². The molecule has 1 atom stereocenters. The van der Waals surface area contributed by atoms with Gasteiger partial charge in [0.1, 0.15) is 5.82 Å². The lowest BCUT2D eigenvalue weighted by molar-refractivity contribution is 0.0747. The number of carbonyl (C=O) groups excluding carboxylic acids is 1. The summed E-state index contributed by atoms with van der Waals surface area (Å²) in [5.74, 6) is 0.721. The molecule has 0 bridgehead atoms. The maximum absolute atomic E-state index is 12.5. The summed E-state index contributed by atoms with van der Waals surface area (Å²) in [6, 6.07) is 2.05. The SMILES string of the molecule is CCCNc1cc(C(=O)N2CCCC2C)c(Cl)cn1. The molecule has 4 nitrogen and oxygen atoms in total. The van der Waals surface area contributed by atoms with Crippen molar-refractivity contribution in [2.75, 3.05) is 18.4 Å². The minimum absolute atomic E-state index is 0.0111. The highest BCUT2D eigenvalue weighted by Crippen LogP contribution is 2.24. The van der Waals surface area contributed by atoms with Crippen molar-refractivity contribution in [2.45, 2.75) is 39.2 Å². The van der Waals surface area contributed by atoms with Crippen LogP contribution in [-0.2, 0) is 0 Å². The molecule has 0 spiro atoms. The lowest BCUT2D eigenvalue weighted by atomic mass is 10.2. The maximum Gasteiger partial charge on any atom is 0.255 e. The number of carbonyl (C=O) groups is 1. The van der Waals surface area contributed by atoms with E-state index in [1.165, 1.54) is 0 Å². The summed E-state index contributed by atoms with van der Waals surface area (Å²) < 4.78 is 0. The second-order valence-corrected chi connectivity index (χ2v) is 5.37. The van der Waals surface area contributed by atoms with Crippen LogP contribution in [0.3, 0.4) is 0 Å². The van der Waals surface area contributed by atoms with E-state index in [1.54, 1.807) is 12.3 Å². The van der Waals surface area contributed by atoms with E-state index in [0.717, 1.165) is 32.4 Å². The predicted octanol–water partition coefficient (Wildman–Crippen LogP) is 3.18. The molecule has 2 rings (SSSR count). The molecular formula is C14H20ClN3O. The Bertz CT molecular complexity index is 464. The van der Waals surface area contributed by atoms with Crippen molar-refractivity contribution < 1.29 is 4.79 Å². The van der Waals surface area contributed by atoms with E-state index < -0.39 is 0 Å². The van der Waals surface area contributed by atoms with Gasteiger partial charge in [0.05, 0.1) is 10.6 Å². The van der Waals surface area contributed by atoms with Crippen molar-refractivity contribution in [3.63, 3.8) is 0 Å². The quantitative estimate of drug-likeness (QED) is 0.922. The van der Waals surface area contributed by atoms with Gasteiger partial charge < -0.3 is 10.2 Å². The average Bonchev–Trinajstić information content (AvgIpc) is 2.83. The molecule has 1 amide bonds. The van der Waals surface area contributed by atoms with Crippen molar-refractivity contribution in [1.29, 1.82) is 0 Å². The fourth-order valence-corrected chi connectivity index (χ4v) is 2.53. The normalized spacial score (nSPS) is 18.7. The molecule has 104 valence electrons. The first-order chi connectivity index (χ1) is 9.13. The molecule has 0 saturated carbocycles. The second-order valence-electron chi connectivity index (χ2n) is 4.97. The van der Waals surface area contributed by atoms with Crippen molar-refractivity contribution in [3.05, 3.63) is 22.8 Å². The van der Waals surface area contributed by atoms with Crippen LogP contribution in [0.2, 0.25) is 5.02 Å². The fourth-order valence-electron chi connectivity index (χ4n) is 2.34. The van der Waals surface area contributed by atoms with Gasteiger partial charge in [0, 0.05) is 25.3 Å². The Morgan fingerprint density at radius 2 is 2.42 bits per heavy atom. The van der Waals surface area contributed by atoms with Crippen LogP contribution < -0.4 is 5.32 Å². The van der Waals surface area contributed by atoms with Crippen LogP contribution in [0.15, 0.2) is 12.3 Å². The number of aromatic nitrogens is 1. The molecule has 19 heavy (non-hydrogen) atoms. The monoisotopic (exact) mass is 281 g/mol. The van der Waals surface area contributed by atoms with Gasteiger partial charge in [-0.05, 0) is 32.3 Å². The Balaban J connectivity index is 2.20. The molecule has 1 N–H and O–H groups in total. The molecule has 1 saturated heterocycles. The third-order valence-electron chi connectivity index (χ3n) is 3.46. The molecule has 1 aromatic heterocycles. The third kappa shape index (κ3) is 3.18. The Kier molecular flexibility index (Phi) is 4.64. The number of hydrogen-bond donors (Lipinski definition) is 1. The topological polar surface area (TPSA) is 45.2 Å². The van der Waals surface area contributed by atoms with Crippen LogP contribution in [-0.4, -0.2) is 34.9 Å². The number of nitrogens with zero attached hydrogens (tertiary/aromatic N) is 2. The van der Waals surface area contributed by atoms with Gasteiger partial charge in [-0.15, -0.1) is 0 Å². The molecule has 1 aliphatic heterocycles. The highest BCUT2D eigenvalue weighted by atomic mass is 35.5. The number of nitrogens with one attached hydrogen (secondary N) is 1. The first-order valence-electron chi connectivity index (χ1n) is 6.84. The van der Waals surface area contributed by atoms with Crippen LogP contribution in [0.5, 0.6) is 0 Å². The van der Waals surface area contributed by atoms with Crippen LogP contribution in [0.4, 0.5) is 5.82 Å². The van der Waals surface area contributed by atoms with Gasteiger partial charge in [-0.25, -0.2) is 4.98 Å².